The summed E-state index contributed by atoms with van der Waals surface area (Å²) in [6.45, 7) is 7.93. The molecular weight excluding hydrogens is 643 g/mol. The van der Waals surface area contributed by atoms with Crippen molar-refractivity contribution in [2.45, 2.75) is 226 Å². The van der Waals surface area contributed by atoms with Crippen LogP contribution in [-0.4, -0.2) is 50.2 Å². The first-order chi connectivity index (χ1) is 25.5. The number of ether oxygens (including phenoxy) is 2. The molecule has 0 amide bonds. The van der Waals surface area contributed by atoms with Gasteiger partial charge in [-0.15, -0.1) is 0 Å². The lowest BCUT2D eigenvalue weighted by Crippen LogP contribution is -2.25. The minimum Gasteiger partial charge on any atom is -0.461 e. The van der Waals surface area contributed by atoms with Crippen molar-refractivity contribution in [3.05, 3.63) is 24.3 Å². The summed E-state index contributed by atoms with van der Waals surface area (Å²) in [5.74, 6) is -0.0757. The third-order valence-electron chi connectivity index (χ3n) is 11.3. The number of hydrogen-bond donors (Lipinski definition) is 0. The predicted octanol–water partition coefficient (Wildman–Crippen LogP) is 14.0. The van der Waals surface area contributed by atoms with Crippen LogP contribution in [-0.2, 0) is 19.1 Å². The lowest BCUT2D eigenvalue weighted by atomic mass is 9.77. The molecule has 0 aromatic carbocycles. The number of rotatable bonds is 38. The quantitative estimate of drug-likeness (QED) is 0.0360. The topological polar surface area (TPSA) is 55.8 Å². The molecule has 0 N–H and O–H groups in total. The molecule has 0 aromatic heterocycles. The second kappa shape index (κ2) is 36.4. The molecule has 5 heteroatoms. The molecule has 0 atom stereocenters. The van der Waals surface area contributed by atoms with Gasteiger partial charge in [0.05, 0.1) is 0 Å². The fraction of sp³-hybridized carbons (Fsp3) is 0.872. The van der Waals surface area contributed by atoms with Crippen LogP contribution in [0.3, 0.4) is 0 Å². The maximum Gasteiger partial charge on any atom is 0.306 e. The van der Waals surface area contributed by atoms with E-state index in [9.17, 15) is 9.59 Å². The van der Waals surface area contributed by atoms with E-state index in [-0.39, 0.29) is 11.9 Å². The van der Waals surface area contributed by atoms with Crippen molar-refractivity contribution in [2.24, 2.45) is 5.41 Å². The highest BCUT2D eigenvalue weighted by Crippen LogP contribution is 2.40. The van der Waals surface area contributed by atoms with Gasteiger partial charge in [0.15, 0.2) is 0 Å². The number of carbonyl (C=O) groups excluding carboxylic acids is 2. The van der Waals surface area contributed by atoms with Crippen LogP contribution < -0.4 is 0 Å². The molecule has 1 saturated heterocycles. The average Bonchev–Trinajstić information content (AvgIpc) is 3.51. The number of nitrogens with zero attached hydrogens (tertiary/aromatic N) is 1. The molecule has 5 nitrogen and oxygen atoms in total. The van der Waals surface area contributed by atoms with Crippen molar-refractivity contribution in [3.8, 4) is 0 Å². The molecule has 0 unspecified atom stereocenters. The number of allylic oxidation sites excluding steroid dienone is 2. The van der Waals surface area contributed by atoms with Gasteiger partial charge in [0.1, 0.15) is 13.2 Å². The molecule has 1 aliphatic heterocycles. The maximum absolute atomic E-state index is 11.9. The third kappa shape index (κ3) is 30.8. The predicted molar refractivity (Wildman–Crippen MR) is 224 cm³/mol. The summed E-state index contributed by atoms with van der Waals surface area (Å²) in [5.41, 5.74) is 0.576. The highest BCUT2D eigenvalue weighted by Gasteiger charge is 2.35. The fourth-order valence-electron chi connectivity index (χ4n) is 7.88. The van der Waals surface area contributed by atoms with Crippen molar-refractivity contribution in [2.75, 3.05) is 33.4 Å². The molecule has 0 saturated carbocycles. The van der Waals surface area contributed by atoms with E-state index < -0.39 is 0 Å². The Bertz CT molecular complexity index is 807. The standard InChI is InChI=1S/C47H87NO4/c1-4-6-8-10-22-28-34-42-51-45(49)36-30-24-18-14-12-16-20-26-32-38-47(40-41-48(3)44-47)39-33-27-21-17-13-15-19-25-31-37-46(50)52-43-35-29-23-11-9-7-5-2/h28-29,34-35H,4-27,30-33,36-44H2,1-3H3/b34-28-,35-29-. The van der Waals surface area contributed by atoms with E-state index in [2.05, 4.69) is 37.9 Å². The molecule has 52 heavy (non-hydrogen) atoms. The number of hydrogen-bond acceptors (Lipinski definition) is 5. The van der Waals surface area contributed by atoms with E-state index in [0.717, 1.165) is 38.5 Å². The van der Waals surface area contributed by atoms with Crippen molar-refractivity contribution in [1.29, 1.82) is 0 Å². The second-order valence-corrected chi connectivity index (χ2v) is 16.4. The number of esters is 2. The largest absolute Gasteiger partial charge is 0.461 e. The Morgan fingerprint density at radius 1 is 0.500 bits per heavy atom. The fourth-order valence-corrected chi connectivity index (χ4v) is 7.88. The number of carbonyl (C=O) groups is 2. The molecule has 1 aliphatic rings. The lowest BCUT2D eigenvalue weighted by molar-refractivity contribution is -0.143. The van der Waals surface area contributed by atoms with Crippen LogP contribution in [0.2, 0.25) is 0 Å². The van der Waals surface area contributed by atoms with Crippen LogP contribution in [0.5, 0.6) is 0 Å². The van der Waals surface area contributed by atoms with Crippen LogP contribution in [0.1, 0.15) is 226 Å². The number of unbranched alkanes of at least 4 members (excludes halogenated alkanes) is 24. The van der Waals surface area contributed by atoms with Gasteiger partial charge in [0, 0.05) is 19.4 Å². The Morgan fingerprint density at radius 2 is 0.865 bits per heavy atom. The van der Waals surface area contributed by atoms with Gasteiger partial charge >= 0.3 is 11.9 Å². The van der Waals surface area contributed by atoms with E-state index in [4.69, 9.17) is 9.47 Å². The monoisotopic (exact) mass is 730 g/mol. The van der Waals surface area contributed by atoms with E-state index in [1.165, 1.54) is 174 Å². The van der Waals surface area contributed by atoms with E-state index >= 15 is 0 Å². The molecule has 0 radical (unpaired) electrons. The van der Waals surface area contributed by atoms with Crippen LogP contribution in [0.15, 0.2) is 24.3 Å². The van der Waals surface area contributed by atoms with E-state index in [0.29, 0.717) is 31.5 Å². The zero-order valence-corrected chi connectivity index (χ0v) is 35.1. The van der Waals surface area contributed by atoms with Gasteiger partial charge in [-0.25, -0.2) is 0 Å². The van der Waals surface area contributed by atoms with Gasteiger partial charge in [-0.1, -0.05) is 179 Å². The Labute approximate surface area is 323 Å². The van der Waals surface area contributed by atoms with Crippen LogP contribution in [0.25, 0.3) is 0 Å². The third-order valence-corrected chi connectivity index (χ3v) is 11.3. The zero-order valence-electron chi connectivity index (χ0n) is 35.1. The summed E-state index contributed by atoms with van der Waals surface area (Å²) >= 11 is 0. The van der Waals surface area contributed by atoms with E-state index in [1.54, 1.807) is 0 Å². The molecule has 1 rings (SSSR count). The summed E-state index contributed by atoms with van der Waals surface area (Å²) in [7, 11) is 2.32. The average molecular weight is 730 g/mol. The van der Waals surface area contributed by atoms with Gasteiger partial charge in [-0.05, 0) is 76.8 Å². The molecule has 1 heterocycles. The molecular formula is C47H87NO4. The van der Waals surface area contributed by atoms with Crippen molar-refractivity contribution < 1.29 is 19.1 Å². The normalized spacial score (nSPS) is 14.6. The highest BCUT2D eigenvalue weighted by molar-refractivity contribution is 5.69. The molecule has 1 fully saturated rings. The molecule has 0 aliphatic carbocycles. The van der Waals surface area contributed by atoms with Crippen molar-refractivity contribution >= 4 is 11.9 Å². The Balaban J connectivity index is 1.94. The Hall–Kier alpha value is -1.62. The molecule has 0 spiro atoms. The van der Waals surface area contributed by atoms with Gasteiger partial charge in [-0.3, -0.25) is 9.59 Å². The summed E-state index contributed by atoms with van der Waals surface area (Å²) in [6.07, 6.45) is 49.2. The van der Waals surface area contributed by atoms with Crippen molar-refractivity contribution in [3.63, 3.8) is 0 Å². The Morgan fingerprint density at radius 3 is 1.23 bits per heavy atom. The van der Waals surface area contributed by atoms with Gasteiger partial charge in [0.25, 0.3) is 0 Å². The van der Waals surface area contributed by atoms with Crippen molar-refractivity contribution in [1.82, 2.24) is 4.90 Å². The maximum atomic E-state index is 11.9. The second-order valence-electron chi connectivity index (χ2n) is 16.4. The highest BCUT2D eigenvalue weighted by atomic mass is 16.5. The lowest BCUT2D eigenvalue weighted by Gasteiger charge is -2.29. The number of likely N-dealkylation sites (tertiary alicyclic amines) is 1. The van der Waals surface area contributed by atoms with Crippen LogP contribution in [0, 0.1) is 5.41 Å². The van der Waals surface area contributed by atoms with E-state index in [1.807, 2.05) is 12.2 Å². The van der Waals surface area contributed by atoms with Crippen LogP contribution in [0.4, 0.5) is 0 Å². The van der Waals surface area contributed by atoms with Gasteiger partial charge < -0.3 is 14.4 Å². The minimum atomic E-state index is -0.0379. The Kier molecular flexibility index (Phi) is 33.8. The van der Waals surface area contributed by atoms with Gasteiger partial charge in [-0.2, -0.15) is 0 Å². The molecule has 0 bridgehead atoms. The molecule has 0 aromatic rings. The summed E-state index contributed by atoms with van der Waals surface area (Å²) in [6, 6.07) is 0. The first-order valence-corrected chi connectivity index (χ1v) is 22.8. The first kappa shape index (κ1) is 48.4. The first-order valence-electron chi connectivity index (χ1n) is 22.8. The molecule has 304 valence electrons. The van der Waals surface area contributed by atoms with Gasteiger partial charge in [0.2, 0.25) is 0 Å². The summed E-state index contributed by atoms with van der Waals surface area (Å²) in [4.78, 5) is 26.4. The minimum absolute atomic E-state index is 0.0379. The zero-order chi connectivity index (χ0) is 37.6. The van der Waals surface area contributed by atoms with Crippen LogP contribution >= 0.6 is 0 Å². The summed E-state index contributed by atoms with van der Waals surface area (Å²) in [5, 5.41) is 0. The smallest absolute Gasteiger partial charge is 0.306 e. The summed E-state index contributed by atoms with van der Waals surface area (Å²) < 4.78 is 10.7. The SMILES string of the molecule is CCCCCC/C=C\COC(=O)CCCCCCCCCCCC1(CCCCCCCCCCCC(=O)OC/C=C\CCCCCC)CCN(C)C1.